The van der Waals surface area contributed by atoms with Gasteiger partial charge in [-0.05, 0) is 37.4 Å². The van der Waals surface area contributed by atoms with E-state index in [1.165, 1.54) is 11.1 Å². The van der Waals surface area contributed by atoms with E-state index in [4.69, 9.17) is 4.74 Å². The van der Waals surface area contributed by atoms with E-state index in [1.54, 1.807) is 7.11 Å². The predicted octanol–water partition coefficient (Wildman–Crippen LogP) is 3.01. The maximum atomic E-state index is 5.22. The molecule has 5 nitrogen and oxygen atoms in total. The summed E-state index contributed by atoms with van der Waals surface area (Å²) in [4.78, 5) is 8.78. The maximum Gasteiger partial charge on any atom is 0.193 e. The molecule has 0 fully saturated rings. The molecule has 2 rings (SSSR count). The Labute approximate surface area is 157 Å². The van der Waals surface area contributed by atoms with E-state index in [2.05, 4.69) is 70.6 Å². The lowest BCUT2D eigenvalue weighted by molar-refractivity contribution is 0.295. The molecule has 1 atom stereocenters. The molecular weight excluding hydrogens is 324 g/mol. The summed E-state index contributed by atoms with van der Waals surface area (Å²) in [6.07, 6.45) is 0. The van der Waals surface area contributed by atoms with Crippen LogP contribution in [0.5, 0.6) is 5.75 Å². The van der Waals surface area contributed by atoms with E-state index in [-0.39, 0.29) is 6.04 Å². The number of methoxy groups -OCH3 is 1. The van der Waals surface area contributed by atoms with Crippen molar-refractivity contribution in [3.63, 3.8) is 0 Å². The number of nitrogens with one attached hydrogen (secondary N) is 1. The van der Waals surface area contributed by atoms with Crippen molar-refractivity contribution in [1.29, 1.82) is 0 Å². The molecule has 0 aliphatic rings. The number of benzene rings is 2. The Balaban J connectivity index is 1.98. The Bertz CT molecular complexity index is 683. The van der Waals surface area contributed by atoms with E-state index in [9.17, 15) is 0 Å². The zero-order chi connectivity index (χ0) is 18.9. The van der Waals surface area contributed by atoms with Crippen molar-refractivity contribution >= 4 is 5.96 Å². The molecule has 0 saturated carbocycles. The van der Waals surface area contributed by atoms with Crippen molar-refractivity contribution in [1.82, 2.24) is 15.1 Å². The SMILES string of the molecule is CN=C(NCC(c1ccccc1)N(C)C)N(C)Cc1ccc(OC)cc1. The first kappa shape index (κ1) is 19.8. The molecule has 0 radical (unpaired) electrons. The molecule has 0 aliphatic heterocycles. The van der Waals surface area contributed by atoms with Crippen LogP contribution < -0.4 is 10.1 Å². The number of hydrogen-bond donors (Lipinski definition) is 1. The largest absolute Gasteiger partial charge is 0.497 e. The molecule has 1 unspecified atom stereocenters. The zero-order valence-electron chi connectivity index (χ0n) is 16.4. The van der Waals surface area contributed by atoms with Gasteiger partial charge in [-0.1, -0.05) is 42.5 Å². The van der Waals surface area contributed by atoms with E-state index < -0.39 is 0 Å². The van der Waals surface area contributed by atoms with Crippen molar-refractivity contribution in [3.05, 3.63) is 65.7 Å². The summed E-state index contributed by atoms with van der Waals surface area (Å²) in [6, 6.07) is 18.9. The molecule has 1 N–H and O–H groups in total. The molecule has 5 heteroatoms. The van der Waals surface area contributed by atoms with Gasteiger partial charge in [-0.3, -0.25) is 4.99 Å². The summed E-state index contributed by atoms with van der Waals surface area (Å²) in [7, 11) is 9.75. The molecule has 0 spiro atoms. The standard InChI is InChI=1S/C21H30N4O/c1-22-21(25(4)16-17-11-13-19(26-5)14-12-17)23-15-20(24(2)3)18-9-7-6-8-10-18/h6-14,20H,15-16H2,1-5H3,(H,22,23). The van der Waals surface area contributed by atoms with Crippen molar-refractivity contribution in [2.75, 3.05) is 41.8 Å². The summed E-state index contributed by atoms with van der Waals surface area (Å²) in [5.74, 6) is 1.75. The van der Waals surface area contributed by atoms with Crippen molar-refractivity contribution in [2.45, 2.75) is 12.6 Å². The average molecular weight is 354 g/mol. The second-order valence-electron chi connectivity index (χ2n) is 6.52. The third-order valence-electron chi connectivity index (χ3n) is 4.41. The maximum absolute atomic E-state index is 5.22. The lowest BCUT2D eigenvalue weighted by Gasteiger charge is -2.28. The second-order valence-corrected chi connectivity index (χ2v) is 6.52. The Morgan fingerprint density at radius 1 is 1.04 bits per heavy atom. The molecule has 0 amide bonds. The van der Waals surface area contributed by atoms with Gasteiger partial charge in [-0.2, -0.15) is 0 Å². The average Bonchev–Trinajstić information content (AvgIpc) is 2.66. The van der Waals surface area contributed by atoms with Gasteiger partial charge in [-0.15, -0.1) is 0 Å². The van der Waals surface area contributed by atoms with E-state index in [1.807, 2.05) is 32.3 Å². The highest BCUT2D eigenvalue weighted by Gasteiger charge is 2.15. The Kier molecular flexibility index (Phi) is 7.48. The first-order valence-electron chi connectivity index (χ1n) is 8.81. The normalized spacial score (nSPS) is 12.8. The quantitative estimate of drug-likeness (QED) is 0.613. The highest BCUT2D eigenvalue weighted by molar-refractivity contribution is 5.79. The lowest BCUT2D eigenvalue weighted by Crippen LogP contribution is -2.42. The van der Waals surface area contributed by atoms with Crippen LogP contribution in [-0.4, -0.2) is 57.6 Å². The van der Waals surface area contributed by atoms with Crippen LogP contribution in [0.1, 0.15) is 17.2 Å². The van der Waals surface area contributed by atoms with Gasteiger partial charge in [0.2, 0.25) is 0 Å². The lowest BCUT2D eigenvalue weighted by atomic mass is 10.1. The first-order chi connectivity index (χ1) is 12.5. The minimum atomic E-state index is 0.280. The summed E-state index contributed by atoms with van der Waals surface area (Å²) in [5.41, 5.74) is 2.50. The Morgan fingerprint density at radius 3 is 2.23 bits per heavy atom. The first-order valence-corrected chi connectivity index (χ1v) is 8.81. The Morgan fingerprint density at radius 2 is 1.69 bits per heavy atom. The van der Waals surface area contributed by atoms with Gasteiger partial charge >= 0.3 is 0 Å². The van der Waals surface area contributed by atoms with Crippen molar-refractivity contribution in [3.8, 4) is 5.75 Å². The van der Waals surface area contributed by atoms with Crippen LogP contribution in [0.3, 0.4) is 0 Å². The van der Waals surface area contributed by atoms with E-state index in [0.29, 0.717) is 0 Å². The molecular formula is C21H30N4O. The van der Waals surface area contributed by atoms with Gasteiger partial charge in [0.05, 0.1) is 13.2 Å². The molecule has 0 aromatic heterocycles. The van der Waals surface area contributed by atoms with Crippen LogP contribution >= 0.6 is 0 Å². The molecule has 0 bridgehead atoms. The highest BCUT2D eigenvalue weighted by atomic mass is 16.5. The fraction of sp³-hybridized carbons (Fsp3) is 0.381. The third-order valence-corrected chi connectivity index (χ3v) is 4.41. The monoisotopic (exact) mass is 354 g/mol. The zero-order valence-corrected chi connectivity index (χ0v) is 16.4. The molecule has 2 aromatic carbocycles. The Hall–Kier alpha value is -2.53. The molecule has 0 saturated heterocycles. The summed E-state index contributed by atoms with van der Waals surface area (Å²) in [5, 5.41) is 3.50. The number of aliphatic imine (C=N–C) groups is 1. The van der Waals surface area contributed by atoms with Crippen LogP contribution in [0.25, 0.3) is 0 Å². The van der Waals surface area contributed by atoms with Crippen molar-refractivity contribution < 1.29 is 4.74 Å². The third kappa shape index (κ3) is 5.49. The van der Waals surface area contributed by atoms with Gasteiger partial charge in [0.25, 0.3) is 0 Å². The van der Waals surface area contributed by atoms with Gasteiger partial charge in [0.1, 0.15) is 5.75 Å². The molecule has 2 aromatic rings. The summed E-state index contributed by atoms with van der Waals surface area (Å²) >= 11 is 0. The second kappa shape index (κ2) is 9.82. The number of nitrogens with zero attached hydrogens (tertiary/aromatic N) is 3. The number of likely N-dealkylation sites (N-methyl/N-ethyl adjacent to an activating group) is 1. The smallest absolute Gasteiger partial charge is 0.193 e. The van der Waals surface area contributed by atoms with Crippen LogP contribution in [0, 0.1) is 0 Å². The molecule has 0 heterocycles. The predicted molar refractivity (Wildman–Crippen MR) is 109 cm³/mol. The molecule has 0 aliphatic carbocycles. The molecule has 26 heavy (non-hydrogen) atoms. The van der Waals surface area contributed by atoms with Gasteiger partial charge in [0.15, 0.2) is 5.96 Å². The van der Waals surface area contributed by atoms with Crippen LogP contribution in [0.15, 0.2) is 59.6 Å². The van der Waals surface area contributed by atoms with Gasteiger partial charge < -0.3 is 19.9 Å². The summed E-state index contributed by atoms with van der Waals surface area (Å²) < 4.78 is 5.22. The number of hydrogen-bond acceptors (Lipinski definition) is 3. The van der Waals surface area contributed by atoms with Crippen LogP contribution in [0.2, 0.25) is 0 Å². The number of ether oxygens (including phenoxy) is 1. The molecule has 140 valence electrons. The topological polar surface area (TPSA) is 40.1 Å². The minimum absolute atomic E-state index is 0.280. The fourth-order valence-corrected chi connectivity index (χ4v) is 2.93. The van der Waals surface area contributed by atoms with Crippen LogP contribution in [0.4, 0.5) is 0 Å². The number of rotatable bonds is 7. The fourth-order valence-electron chi connectivity index (χ4n) is 2.93. The van der Waals surface area contributed by atoms with Crippen LogP contribution in [-0.2, 0) is 6.54 Å². The summed E-state index contributed by atoms with van der Waals surface area (Å²) in [6.45, 7) is 1.57. The van der Waals surface area contributed by atoms with E-state index in [0.717, 1.165) is 24.8 Å². The number of guanidine groups is 1. The van der Waals surface area contributed by atoms with Gasteiger partial charge in [0, 0.05) is 27.2 Å². The highest BCUT2D eigenvalue weighted by Crippen LogP contribution is 2.17. The minimum Gasteiger partial charge on any atom is -0.497 e. The van der Waals surface area contributed by atoms with E-state index >= 15 is 0 Å². The van der Waals surface area contributed by atoms with Crippen molar-refractivity contribution in [2.24, 2.45) is 4.99 Å². The van der Waals surface area contributed by atoms with Gasteiger partial charge in [-0.25, -0.2) is 0 Å².